The number of rotatable bonds is 7. The minimum Gasteiger partial charge on any atom is -0.338 e. The van der Waals surface area contributed by atoms with E-state index in [1.54, 1.807) is 11.8 Å². The molecule has 0 bridgehead atoms. The van der Waals surface area contributed by atoms with Gasteiger partial charge in [-0.05, 0) is 18.1 Å². The average Bonchev–Trinajstić information content (AvgIpc) is 3.15. The number of benzene rings is 1. The van der Waals surface area contributed by atoms with Gasteiger partial charge in [0, 0.05) is 12.1 Å². The van der Waals surface area contributed by atoms with Crippen LogP contribution in [-0.4, -0.2) is 20.3 Å². The van der Waals surface area contributed by atoms with Crippen LogP contribution in [0.4, 0.5) is 10.8 Å². The number of anilines is 2. The van der Waals surface area contributed by atoms with Crippen LogP contribution in [0.15, 0.2) is 39.2 Å². The van der Waals surface area contributed by atoms with Gasteiger partial charge >= 0.3 is 0 Å². The van der Waals surface area contributed by atoms with Gasteiger partial charge in [0.15, 0.2) is 10.2 Å². The number of aromatic nitrogens is 4. The van der Waals surface area contributed by atoms with Crippen molar-refractivity contribution < 1.29 is 4.52 Å². The number of para-hydroxylation sites is 1. The minimum absolute atomic E-state index is 0.517. The third kappa shape index (κ3) is 4.77. The molecule has 0 saturated carbocycles. The Morgan fingerprint density at radius 1 is 1.22 bits per heavy atom. The zero-order valence-corrected chi connectivity index (χ0v) is 14.5. The number of hydrogen-bond donors (Lipinski definition) is 1. The van der Waals surface area contributed by atoms with Crippen LogP contribution >= 0.6 is 23.1 Å². The van der Waals surface area contributed by atoms with Crippen LogP contribution in [0.1, 0.15) is 25.6 Å². The highest BCUT2D eigenvalue weighted by atomic mass is 32.2. The molecule has 0 atom stereocenters. The summed E-state index contributed by atoms with van der Waals surface area (Å²) < 4.78 is 6.12. The number of nitrogens with one attached hydrogen (secondary N) is 1. The molecule has 1 N–H and O–H groups in total. The lowest BCUT2D eigenvalue weighted by molar-refractivity contribution is 0.382. The zero-order chi connectivity index (χ0) is 16.1. The van der Waals surface area contributed by atoms with Crippen LogP contribution < -0.4 is 5.32 Å². The van der Waals surface area contributed by atoms with Crippen molar-refractivity contribution in [3.05, 3.63) is 42.0 Å². The molecule has 2 heterocycles. The first kappa shape index (κ1) is 15.9. The molecule has 23 heavy (non-hydrogen) atoms. The summed E-state index contributed by atoms with van der Waals surface area (Å²) in [5.41, 5.74) is 0.996. The van der Waals surface area contributed by atoms with E-state index in [9.17, 15) is 0 Å². The zero-order valence-electron chi connectivity index (χ0n) is 12.9. The predicted molar refractivity (Wildman–Crippen MR) is 92.0 cm³/mol. The Hall–Kier alpha value is -1.93. The molecular formula is C15H17N5OS2. The van der Waals surface area contributed by atoms with E-state index in [0.29, 0.717) is 17.6 Å². The third-order valence-electron chi connectivity index (χ3n) is 2.85. The largest absolute Gasteiger partial charge is 0.338 e. The number of nitrogens with zero attached hydrogens (tertiary/aromatic N) is 4. The van der Waals surface area contributed by atoms with E-state index in [4.69, 9.17) is 4.52 Å². The summed E-state index contributed by atoms with van der Waals surface area (Å²) in [6.07, 6.45) is 0.831. The van der Waals surface area contributed by atoms with Gasteiger partial charge in [0.1, 0.15) is 0 Å². The summed E-state index contributed by atoms with van der Waals surface area (Å²) in [5.74, 6) is 2.51. The fourth-order valence-electron chi connectivity index (χ4n) is 1.88. The highest BCUT2D eigenvalue weighted by Crippen LogP contribution is 2.29. The third-order valence-corrected chi connectivity index (χ3v) is 4.81. The van der Waals surface area contributed by atoms with Gasteiger partial charge in [0.2, 0.25) is 11.0 Å². The van der Waals surface area contributed by atoms with Gasteiger partial charge in [-0.2, -0.15) is 4.98 Å². The van der Waals surface area contributed by atoms with Crippen LogP contribution in [0.3, 0.4) is 0 Å². The van der Waals surface area contributed by atoms with E-state index < -0.39 is 0 Å². The van der Waals surface area contributed by atoms with Gasteiger partial charge < -0.3 is 9.84 Å². The van der Waals surface area contributed by atoms with Crippen LogP contribution in [0.2, 0.25) is 0 Å². The average molecular weight is 347 g/mol. The lowest BCUT2D eigenvalue weighted by Gasteiger charge is -1.99. The molecule has 0 aliphatic rings. The maximum atomic E-state index is 5.25. The normalized spacial score (nSPS) is 11.1. The lowest BCUT2D eigenvalue weighted by atomic mass is 10.1. The molecular weight excluding hydrogens is 330 g/mol. The summed E-state index contributed by atoms with van der Waals surface area (Å²) >= 11 is 3.05. The second kappa shape index (κ2) is 7.56. The van der Waals surface area contributed by atoms with E-state index in [1.807, 2.05) is 30.3 Å². The van der Waals surface area contributed by atoms with Gasteiger partial charge in [0.25, 0.3) is 0 Å². The predicted octanol–water partition coefficient (Wildman–Crippen LogP) is 4.16. The highest BCUT2D eigenvalue weighted by Gasteiger charge is 2.11. The molecule has 0 unspecified atom stereocenters. The van der Waals surface area contributed by atoms with E-state index >= 15 is 0 Å². The van der Waals surface area contributed by atoms with Crippen molar-refractivity contribution in [1.29, 1.82) is 0 Å². The lowest BCUT2D eigenvalue weighted by Crippen LogP contribution is -1.96. The van der Waals surface area contributed by atoms with Gasteiger partial charge in [-0.1, -0.05) is 60.3 Å². The fraction of sp³-hybridized carbons (Fsp3) is 0.333. The molecule has 6 nitrogen and oxygen atoms in total. The van der Waals surface area contributed by atoms with Crippen LogP contribution in [0.25, 0.3) is 0 Å². The van der Waals surface area contributed by atoms with Gasteiger partial charge in [-0.25, -0.2) is 0 Å². The van der Waals surface area contributed by atoms with Crippen LogP contribution in [0.5, 0.6) is 0 Å². The summed E-state index contributed by atoms with van der Waals surface area (Å²) in [7, 11) is 0. The molecule has 3 rings (SSSR count). The standard InChI is InChI=1S/C15H17N5OS2/c1-10(2)8-12-17-13(21-20-12)9-22-15-19-18-14(23-15)16-11-6-4-3-5-7-11/h3-7,10H,8-9H2,1-2H3,(H,16,18). The first-order valence-electron chi connectivity index (χ1n) is 7.29. The Kier molecular flexibility index (Phi) is 5.24. The Bertz CT molecular complexity index is 741. The fourth-order valence-corrected chi connectivity index (χ4v) is 3.49. The number of hydrogen-bond acceptors (Lipinski definition) is 8. The summed E-state index contributed by atoms with van der Waals surface area (Å²) in [6.45, 7) is 4.26. The molecule has 120 valence electrons. The topological polar surface area (TPSA) is 76.7 Å². The Morgan fingerprint density at radius 3 is 2.83 bits per heavy atom. The SMILES string of the molecule is CC(C)Cc1noc(CSc2nnc(Nc3ccccc3)s2)n1. The van der Waals surface area contributed by atoms with Gasteiger partial charge in [-0.3, -0.25) is 0 Å². The minimum atomic E-state index is 0.517. The van der Waals surface area contributed by atoms with Crippen molar-refractivity contribution in [1.82, 2.24) is 20.3 Å². The molecule has 0 spiro atoms. The highest BCUT2D eigenvalue weighted by molar-refractivity contribution is 8.00. The van der Waals surface area contributed by atoms with Crippen molar-refractivity contribution in [2.24, 2.45) is 5.92 Å². The molecule has 1 aromatic carbocycles. The first-order valence-corrected chi connectivity index (χ1v) is 9.09. The maximum Gasteiger partial charge on any atom is 0.237 e. The smallest absolute Gasteiger partial charge is 0.237 e. The molecule has 0 aliphatic heterocycles. The molecule has 0 fully saturated rings. The Labute approximate surface area is 142 Å². The number of thioether (sulfide) groups is 1. The van der Waals surface area contributed by atoms with E-state index in [2.05, 4.69) is 39.5 Å². The van der Waals surface area contributed by atoms with E-state index in [-0.39, 0.29) is 0 Å². The first-order chi connectivity index (χ1) is 11.2. The summed E-state index contributed by atoms with van der Waals surface area (Å²) in [6, 6.07) is 9.91. The van der Waals surface area contributed by atoms with Crippen LogP contribution in [-0.2, 0) is 12.2 Å². The van der Waals surface area contributed by atoms with Gasteiger partial charge in [0.05, 0.1) is 5.75 Å². The van der Waals surface area contributed by atoms with Crippen molar-refractivity contribution in [3.63, 3.8) is 0 Å². The molecule has 0 amide bonds. The van der Waals surface area contributed by atoms with Crippen molar-refractivity contribution >= 4 is 33.9 Å². The Balaban J connectivity index is 1.54. The molecule has 0 saturated heterocycles. The molecule has 8 heteroatoms. The summed E-state index contributed by atoms with van der Waals surface area (Å²) in [4.78, 5) is 4.38. The molecule has 2 aromatic heterocycles. The molecule has 0 radical (unpaired) electrons. The monoisotopic (exact) mass is 347 g/mol. The molecule has 3 aromatic rings. The van der Waals surface area contributed by atoms with Crippen molar-refractivity contribution in [2.45, 2.75) is 30.4 Å². The second-order valence-corrected chi connectivity index (χ2v) is 7.56. The van der Waals surface area contributed by atoms with Gasteiger partial charge in [-0.15, -0.1) is 10.2 Å². The van der Waals surface area contributed by atoms with E-state index in [0.717, 1.165) is 27.4 Å². The Morgan fingerprint density at radius 2 is 2.04 bits per heavy atom. The van der Waals surface area contributed by atoms with E-state index in [1.165, 1.54) is 11.3 Å². The summed E-state index contributed by atoms with van der Waals surface area (Å²) in [5, 5.41) is 16.3. The molecule has 0 aliphatic carbocycles. The van der Waals surface area contributed by atoms with Crippen LogP contribution in [0, 0.1) is 5.92 Å². The maximum absolute atomic E-state index is 5.25. The van der Waals surface area contributed by atoms with Crippen molar-refractivity contribution in [3.8, 4) is 0 Å². The second-order valence-electron chi connectivity index (χ2n) is 5.36. The van der Waals surface area contributed by atoms with Crippen molar-refractivity contribution in [2.75, 3.05) is 5.32 Å². The quantitative estimate of drug-likeness (QED) is 0.643.